The van der Waals surface area contributed by atoms with Crippen molar-refractivity contribution in [1.82, 2.24) is 4.98 Å². The van der Waals surface area contributed by atoms with Gasteiger partial charge in [0.25, 0.3) is 0 Å². The molecule has 0 aliphatic carbocycles. The molecule has 1 aromatic heterocycles. The fourth-order valence-corrected chi connectivity index (χ4v) is 1.41. The van der Waals surface area contributed by atoms with E-state index in [0.717, 1.165) is 3.57 Å². The largest absolute Gasteiger partial charge is 0.395 e. The number of nitrogens with zero attached hydrogens (tertiary/aromatic N) is 1. The van der Waals surface area contributed by atoms with E-state index in [1.165, 1.54) is 0 Å². The lowest BCUT2D eigenvalue weighted by molar-refractivity contribution is 0.311. The quantitative estimate of drug-likeness (QED) is 0.711. The third-order valence-electron chi connectivity index (χ3n) is 1.23. The Balaban J connectivity index is 2.72. The highest BCUT2D eigenvalue weighted by molar-refractivity contribution is 14.1. The summed E-state index contributed by atoms with van der Waals surface area (Å²) in [5.74, 6) is 1.19. The van der Waals surface area contributed by atoms with Crippen molar-refractivity contribution in [3.63, 3.8) is 0 Å². The number of anilines is 2. The Hall–Kier alpha value is -0.560. The highest BCUT2D eigenvalue weighted by atomic mass is 127. The molecule has 66 valence electrons. The van der Waals surface area contributed by atoms with Crippen LogP contribution in [0.25, 0.3) is 0 Å². The van der Waals surface area contributed by atoms with Crippen LogP contribution in [-0.2, 0) is 0 Å². The number of aromatic nitrogens is 1. The Bertz CT molecular complexity index is 247. The summed E-state index contributed by atoms with van der Waals surface area (Å²) in [6.07, 6.45) is 0. The Kier molecular flexibility index (Phi) is 3.54. The highest BCUT2D eigenvalue weighted by Gasteiger charge is 1.96. The van der Waals surface area contributed by atoms with Gasteiger partial charge in [-0.25, -0.2) is 4.98 Å². The molecular formula is C7H10IN3O. The van der Waals surface area contributed by atoms with Crippen LogP contribution in [0.3, 0.4) is 0 Å². The standard InChI is InChI=1S/C7H10IN3O/c8-5-3-6(9)11-7(4-5)10-1-2-12/h3-4,12H,1-2H2,(H3,9,10,11). The van der Waals surface area contributed by atoms with Crippen molar-refractivity contribution >= 4 is 34.2 Å². The van der Waals surface area contributed by atoms with Crippen molar-refractivity contribution in [3.05, 3.63) is 15.7 Å². The summed E-state index contributed by atoms with van der Waals surface area (Å²) >= 11 is 2.16. The van der Waals surface area contributed by atoms with Crippen LogP contribution in [0.5, 0.6) is 0 Å². The van der Waals surface area contributed by atoms with Gasteiger partial charge < -0.3 is 16.2 Å². The monoisotopic (exact) mass is 279 g/mol. The molecule has 0 spiro atoms. The summed E-state index contributed by atoms with van der Waals surface area (Å²) in [4.78, 5) is 4.02. The van der Waals surface area contributed by atoms with E-state index < -0.39 is 0 Å². The molecule has 0 aliphatic rings. The second-order valence-electron chi connectivity index (χ2n) is 2.25. The second-order valence-corrected chi connectivity index (χ2v) is 3.49. The molecule has 4 N–H and O–H groups in total. The van der Waals surface area contributed by atoms with Gasteiger partial charge in [-0.05, 0) is 34.7 Å². The normalized spacial score (nSPS) is 9.83. The minimum absolute atomic E-state index is 0.0903. The van der Waals surface area contributed by atoms with Gasteiger partial charge in [0, 0.05) is 10.1 Å². The zero-order valence-corrected chi connectivity index (χ0v) is 8.58. The SMILES string of the molecule is Nc1cc(I)cc(NCCO)n1. The van der Waals surface area contributed by atoms with Crippen LogP contribution in [0, 0.1) is 3.57 Å². The number of nitrogens with two attached hydrogens (primary N) is 1. The lowest BCUT2D eigenvalue weighted by Crippen LogP contribution is -2.07. The number of nitrogen functional groups attached to an aromatic ring is 1. The fraction of sp³-hybridized carbons (Fsp3) is 0.286. The minimum atomic E-state index is 0.0903. The van der Waals surface area contributed by atoms with Gasteiger partial charge in [-0.3, -0.25) is 0 Å². The fourth-order valence-electron chi connectivity index (χ4n) is 0.792. The summed E-state index contributed by atoms with van der Waals surface area (Å²) < 4.78 is 1.03. The first kappa shape index (κ1) is 9.53. The number of halogens is 1. The molecule has 0 aromatic carbocycles. The maximum Gasteiger partial charge on any atom is 0.129 e. The van der Waals surface area contributed by atoms with Crippen LogP contribution in [-0.4, -0.2) is 23.2 Å². The molecular weight excluding hydrogens is 269 g/mol. The van der Waals surface area contributed by atoms with E-state index in [9.17, 15) is 0 Å². The smallest absolute Gasteiger partial charge is 0.129 e. The highest BCUT2D eigenvalue weighted by Crippen LogP contribution is 2.13. The summed E-state index contributed by atoms with van der Waals surface area (Å²) in [6.45, 7) is 0.583. The van der Waals surface area contributed by atoms with E-state index in [2.05, 4.69) is 32.9 Å². The van der Waals surface area contributed by atoms with Crippen molar-refractivity contribution in [2.24, 2.45) is 0 Å². The Morgan fingerprint density at radius 2 is 2.33 bits per heavy atom. The molecule has 0 saturated carbocycles. The average Bonchev–Trinajstić information content (AvgIpc) is 1.99. The predicted octanol–water partition coefficient (Wildman–Crippen LogP) is 0.673. The molecule has 1 aromatic rings. The van der Waals surface area contributed by atoms with Crippen LogP contribution in [0.4, 0.5) is 11.6 Å². The van der Waals surface area contributed by atoms with Gasteiger partial charge in [0.1, 0.15) is 11.6 Å². The molecule has 5 heteroatoms. The molecule has 4 nitrogen and oxygen atoms in total. The van der Waals surface area contributed by atoms with Gasteiger partial charge in [-0.15, -0.1) is 0 Å². The molecule has 0 saturated heterocycles. The van der Waals surface area contributed by atoms with Crippen molar-refractivity contribution in [2.75, 3.05) is 24.2 Å². The Morgan fingerprint density at radius 1 is 1.58 bits per heavy atom. The summed E-state index contributed by atoms with van der Waals surface area (Å²) in [7, 11) is 0. The average molecular weight is 279 g/mol. The number of aliphatic hydroxyl groups excluding tert-OH is 1. The number of hydrogen-bond donors (Lipinski definition) is 3. The molecule has 0 radical (unpaired) electrons. The van der Waals surface area contributed by atoms with Crippen LogP contribution >= 0.6 is 22.6 Å². The van der Waals surface area contributed by atoms with Crippen LogP contribution in [0.15, 0.2) is 12.1 Å². The first-order valence-corrected chi connectivity index (χ1v) is 4.58. The van der Waals surface area contributed by atoms with E-state index >= 15 is 0 Å². The zero-order valence-electron chi connectivity index (χ0n) is 6.42. The molecule has 1 rings (SSSR count). The number of nitrogens with one attached hydrogen (secondary N) is 1. The van der Waals surface area contributed by atoms with E-state index in [-0.39, 0.29) is 6.61 Å². The molecule has 0 fully saturated rings. The van der Waals surface area contributed by atoms with Gasteiger partial charge in [-0.2, -0.15) is 0 Å². The molecule has 0 amide bonds. The summed E-state index contributed by atoms with van der Waals surface area (Å²) in [5.41, 5.74) is 5.51. The third kappa shape index (κ3) is 2.82. The number of pyridine rings is 1. The molecule has 1 heterocycles. The first-order valence-electron chi connectivity index (χ1n) is 3.50. The molecule has 0 bridgehead atoms. The maximum atomic E-state index is 8.54. The van der Waals surface area contributed by atoms with Crippen LogP contribution in [0.2, 0.25) is 0 Å². The second kappa shape index (κ2) is 4.46. The molecule has 0 unspecified atom stereocenters. The first-order chi connectivity index (χ1) is 5.72. The Morgan fingerprint density at radius 3 is 2.92 bits per heavy atom. The molecule has 0 atom stereocenters. The van der Waals surface area contributed by atoms with E-state index in [1.807, 2.05) is 6.07 Å². The van der Waals surface area contributed by atoms with Crippen molar-refractivity contribution in [2.45, 2.75) is 0 Å². The van der Waals surface area contributed by atoms with Crippen molar-refractivity contribution in [1.29, 1.82) is 0 Å². The number of hydrogen-bond acceptors (Lipinski definition) is 4. The molecule has 0 aliphatic heterocycles. The van der Waals surface area contributed by atoms with Crippen LogP contribution < -0.4 is 11.1 Å². The van der Waals surface area contributed by atoms with Gasteiger partial charge >= 0.3 is 0 Å². The lowest BCUT2D eigenvalue weighted by Gasteiger charge is -2.04. The van der Waals surface area contributed by atoms with E-state index in [4.69, 9.17) is 10.8 Å². The topological polar surface area (TPSA) is 71.2 Å². The van der Waals surface area contributed by atoms with Crippen molar-refractivity contribution in [3.8, 4) is 0 Å². The number of rotatable bonds is 3. The number of aliphatic hydroxyl groups is 1. The summed E-state index contributed by atoms with van der Waals surface area (Å²) in [6, 6.07) is 3.65. The van der Waals surface area contributed by atoms with E-state index in [1.54, 1.807) is 6.07 Å². The zero-order chi connectivity index (χ0) is 8.97. The Labute approximate surface area is 84.3 Å². The van der Waals surface area contributed by atoms with Crippen molar-refractivity contribution < 1.29 is 5.11 Å². The van der Waals surface area contributed by atoms with Gasteiger partial charge in [0.05, 0.1) is 6.61 Å². The van der Waals surface area contributed by atoms with Crippen LogP contribution in [0.1, 0.15) is 0 Å². The third-order valence-corrected chi connectivity index (χ3v) is 1.85. The predicted molar refractivity (Wildman–Crippen MR) is 56.9 cm³/mol. The summed E-state index contributed by atoms with van der Waals surface area (Å²) in [5, 5.41) is 11.5. The maximum absolute atomic E-state index is 8.54. The van der Waals surface area contributed by atoms with Gasteiger partial charge in [-0.1, -0.05) is 0 Å². The van der Waals surface area contributed by atoms with Gasteiger partial charge in [0.2, 0.25) is 0 Å². The minimum Gasteiger partial charge on any atom is -0.395 e. The lowest BCUT2D eigenvalue weighted by atomic mass is 10.4. The van der Waals surface area contributed by atoms with E-state index in [0.29, 0.717) is 18.2 Å². The van der Waals surface area contributed by atoms with Gasteiger partial charge in [0.15, 0.2) is 0 Å². The molecule has 12 heavy (non-hydrogen) atoms.